The maximum atomic E-state index is 12.5. The second-order valence-corrected chi connectivity index (χ2v) is 6.74. The van der Waals surface area contributed by atoms with Crippen LogP contribution in [0.4, 0.5) is 10.5 Å². The number of likely N-dealkylation sites (tertiary alicyclic amines) is 1. The van der Waals surface area contributed by atoms with Crippen LogP contribution in [0.25, 0.3) is 0 Å². The van der Waals surface area contributed by atoms with Gasteiger partial charge in [0.15, 0.2) is 0 Å². The summed E-state index contributed by atoms with van der Waals surface area (Å²) in [4.78, 5) is 30.5. The molecule has 0 saturated carbocycles. The van der Waals surface area contributed by atoms with Crippen molar-refractivity contribution in [2.24, 2.45) is 5.92 Å². The number of ether oxygens (including phenoxy) is 1. The van der Waals surface area contributed by atoms with E-state index in [1.165, 1.54) is 0 Å². The first-order valence-electron chi connectivity index (χ1n) is 9.63. The molecule has 148 valence electrons. The lowest BCUT2D eigenvalue weighted by Gasteiger charge is -2.32. The Bertz CT molecular complexity index is 789. The molecule has 1 aliphatic heterocycles. The predicted molar refractivity (Wildman–Crippen MR) is 107 cm³/mol. The molecule has 1 aromatic heterocycles. The van der Waals surface area contributed by atoms with Gasteiger partial charge < -0.3 is 20.3 Å². The van der Waals surface area contributed by atoms with Crippen LogP contribution in [0.15, 0.2) is 48.8 Å². The molecule has 0 radical (unpaired) electrons. The van der Waals surface area contributed by atoms with Crippen LogP contribution in [0.5, 0.6) is 5.75 Å². The number of benzene rings is 1. The van der Waals surface area contributed by atoms with Gasteiger partial charge in [0.05, 0.1) is 17.9 Å². The van der Waals surface area contributed by atoms with E-state index in [-0.39, 0.29) is 11.9 Å². The van der Waals surface area contributed by atoms with Crippen LogP contribution in [0, 0.1) is 5.92 Å². The van der Waals surface area contributed by atoms with Crippen LogP contribution in [0.2, 0.25) is 0 Å². The van der Waals surface area contributed by atoms with Gasteiger partial charge in [-0.1, -0.05) is 12.1 Å². The first kappa shape index (κ1) is 19.7. The molecule has 0 atom stereocenters. The molecule has 0 aliphatic carbocycles. The van der Waals surface area contributed by atoms with Crippen LogP contribution in [-0.2, 0) is 0 Å². The number of aromatic nitrogens is 1. The van der Waals surface area contributed by atoms with Crippen molar-refractivity contribution in [1.29, 1.82) is 0 Å². The monoisotopic (exact) mass is 382 g/mol. The maximum Gasteiger partial charge on any atom is 0.319 e. The number of piperidine rings is 1. The van der Waals surface area contributed by atoms with E-state index >= 15 is 0 Å². The summed E-state index contributed by atoms with van der Waals surface area (Å²) in [5.74, 6) is 1.03. The Morgan fingerprint density at radius 3 is 2.68 bits per heavy atom. The second kappa shape index (κ2) is 9.73. The minimum Gasteiger partial charge on any atom is -0.492 e. The summed E-state index contributed by atoms with van der Waals surface area (Å²) in [6.45, 7) is 4.40. The lowest BCUT2D eigenvalue weighted by molar-refractivity contribution is 0.0690. The lowest BCUT2D eigenvalue weighted by Crippen LogP contribution is -2.42. The van der Waals surface area contributed by atoms with Gasteiger partial charge in [-0.2, -0.15) is 0 Å². The van der Waals surface area contributed by atoms with Crippen molar-refractivity contribution in [2.75, 3.05) is 31.6 Å². The number of carbonyl (C=O) groups is 2. The fourth-order valence-corrected chi connectivity index (χ4v) is 3.27. The number of nitrogens with zero attached hydrogens (tertiary/aromatic N) is 2. The molecular formula is C21H26N4O3. The van der Waals surface area contributed by atoms with Crippen LogP contribution < -0.4 is 15.4 Å². The quantitative estimate of drug-likeness (QED) is 0.804. The van der Waals surface area contributed by atoms with E-state index in [2.05, 4.69) is 15.6 Å². The molecule has 0 unspecified atom stereocenters. The minimum atomic E-state index is -0.249. The SMILES string of the molecule is CCOc1ccccc1NC(=O)NCC1CCN(C(=O)c2cccnc2)CC1. The van der Waals surface area contributed by atoms with Crippen molar-refractivity contribution in [3.05, 3.63) is 54.4 Å². The van der Waals surface area contributed by atoms with Crippen molar-refractivity contribution < 1.29 is 14.3 Å². The number of pyridine rings is 1. The van der Waals surface area contributed by atoms with Gasteiger partial charge in [0.25, 0.3) is 5.91 Å². The van der Waals surface area contributed by atoms with Gasteiger partial charge in [0, 0.05) is 32.0 Å². The van der Waals surface area contributed by atoms with Crippen molar-refractivity contribution in [3.8, 4) is 5.75 Å². The van der Waals surface area contributed by atoms with E-state index < -0.39 is 0 Å². The number of para-hydroxylation sites is 2. The smallest absolute Gasteiger partial charge is 0.319 e. The van der Waals surface area contributed by atoms with Crippen molar-refractivity contribution in [1.82, 2.24) is 15.2 Å². The zero-order chi connectivity index (χ0) is 19.8. The van der Waals surface area contributed by atoms with Gasteiger partial charge in [0.2, 0.25) is 0 Å². The van der Waals surface area contributed by atoms with E-state index in [0.29, 0.717) is 49.2 Å². The van der Waals surface area contributed by atoms with Gasteiger partial charge in [-0.05, 0) is 49.9 Å². The van der Waals surface area contributed by atoms with E-state index in [1.54, 1.807) is 24.5 Å². The Labute approximate surface area is 165 Å². The number of carbonyl (C=O) groups excluding carboxylic acids is 2. The normalized spacial score (nSPS) is 14.4. The molecule has 7 heteroatoms. The number of hydrogen-bond donors (Lipinski definition) is 2. The molecule has 1 fully saturated rings. The summed E-state index contributed by atoms with van der Waals surface area (Å²) in [5, 5.41) is 5.76. The summed E-state index contributed by atoms with van der Waals surface area (Å²) in [6.07, 6.45) is 4.98. The molecule has 2 heterocycles. The highest BCUT2D eigenvalue weighted by Gasteiger charge is 2.24. The van der Waals surface area contributed by atoms with Gasteiger partial charge in [-0.3, -0.25) is 9.78 Å². The number of amides is 3. The largest absolute Gasteiger partial charge is 0.492 e. The Kier molecular flexibility index (Phi) is 6.84. The first-order valence-corrected chi connectivity index (χ1v) is 9.63. The van der Waals surface area contributed by atoms with Crippen molar-refractivity contribution in [3.63, 3.8) is 0 Å². The molecule has 0 spiro atoms. The summed E-state index contributed by atoms with van der Waals surface area (Å²) in [5.41, 5.74) is 1.27. The summed E-state index contributed by atoms with van der Waals surface area (Å²) < 4.78 is 5.52. The van der Waals surface area contributed by atoms with Gasteiger partial charge in [0.1, 0.15) is 5.75 Å². The van der Waals surface area contributed by atoms with Crippen LogP contribution in [-0.4, -0.2) is 48.1 Å². The third-order valence-electron chi connectivity index (χ3n) is 4.80. The highest BCUT2D eigenvalue weighted by Crippen LogP contribution is 2.23. The van der Waals surface area contributed by atoms with E-state index in [4.69, 9.17) is 4.74 Å². The standard InChI is InChI=1S/C21H26N4O3/c1-2-28-19-8-4-3-7-18(19)24-21(27)23-14-16-9-12-25(13-10-16)20(26)17-6-5-11-22-15-17/h3-8,11,15-16H,2,9-10,12-14H2,1H3,(H2,23,24,27). The van der Waals surface area contributed by atoms with E-state index in [9.17, 15) is 9.59 Å². The number of anilines is 1. The Hall–Kier alpha value is -3.09. The Morgan fingerprint density at radius 1 is 1.18 bits per heavy atom. The Balaban J connectivity index is 1.43. The average molecular weight is 382 g/mol. The average Bonchev–Trinajstić information content (AvgIpc) is 2.74. The molecule has 2 aromatic rings. The molecule has 0 bridgehead atoms. The van der Waals surface area contributed by atoms with Crippen molar-refractivity contribution in [2.45, 2.75) is 19.8 Å². The fourth-order valence-electron chi connectivity index (χ4n) is 3.27. The van der Waals surface area contributed by atoms with Crippen LogP contribution in [0.3, 0.4) is 0 Å². The molecule has 28 heavy (non-hydrogen) atoms. The molecule has 1 aromatic carbocycles. The maximum absolute atomic E-state index is 12.5. The lowest BCUT2D eigenvalue weighted by atomic mass is 9.96. The summed E-state index contributed by atoms with van der Waals surface area (Å²) in [6, 6.07) is 10.7. The van der Waals surface area contributed by atoms with E-state index in [1.807, 2.05) is 36.1 Å². The number of rotatable bonds is 6. The van der Waals surface area contributed by atoms with Gasteiger partial charge in [-0.25, -0.2) is 4.79 Å². The molecule has 3 amide bonds. The zero-order valence-electron chi connectivity index (χ0n) is 16.1. The van der Waals surface area contributed by atoms with Crippen LogP contribution in [0.1, 0.15) is 30.1 Å². The third kappa shape index (κ3) is 5.22. The van der Waals surface area contributed by atoms with Gasteiger partial charge in [-0.15, -0.1) is 0 Å². The number of urea groups is 1. The zero-order valence-corrected chi connectivity index (χ0v) is 16.1. The summed E-state index contributed by atoms with van der Waals surface area (Å²) in [7, 11) is 0. The third-order valence-corrected chi connectivity index (χ3v) is 4.80. The molecule has 1 saturated heterocycles. The summed E-state index contributed by atoms with van der Waals surface area (Å²) >= 11 is 0. The van der Waals surface area contributed by atoms with Gasteiger partial charge >= 0.3 is 6.03 Å². The number of nitrogens with one attached hydrogen (secondary N) is 2. The first-order chi connectivity index (χ1) is 13.7. The molecular weight excluding hydrogens is 356 g/mol. The molecule has 2 N–H and O–H groups in total. The topological polar surface area (TPSA) is 83.6 Å². The highest BCUT2D eigenvalue weighted by molar-refractivity contribution is 5.94. The van der Waals surface area contributed by atoms with E-state index in [0.717, 1.165) is 12.8 Å². The highest BCUT2D eigenvalue weighted by atomic mass is 16.5. The van der Waals surface area contributed by atoms with Crippen molar-refractivity contribution >= 4 is 17.6 Å². The Morgan fingerprint density at radius 2 is 1.96 bits per heavy atom. The fraction of sp³-hybridized carbons (Fsp3) is 0.381. The number of hydrogen-bond acceptors (Lipinski definition) is 4. The minimum absolute atomic E-state index is 0.0183. The second-order valence-electron chi connectivity index (χ2n) is 6.74. The predicted octanol–water partition coefficient (Wildman–Crippen LogP) is 3.15. The molecule has 7 nitrogen and oxygen atoms in total. The molecule has 3 rings (SSSR count). The molecule has 1 aliphatic rings. The van der Waals surface area contributed by atoms with Crippen LogP contribution >= 0.6 is 0 Å².